The van der Waals surface area contributed by atoms with Crippen LogP contribution in [0.4, 0.5) is 0 Å². The predicted molar refractivity (Wildman–Crippen MR) is 27.8 cm³/mol. The summed E-state index contributed by atoms with van der Waals surface area (Å²) in [4.78, 5) is 0. The Morgan fingerprint density at radius 2 is 0.909 bits per heavy atom. The van der Waals surface area contributed by atoms with Crippen molar-refractivity contribution in [1.82, 2.24) is 0 Å². The average Bonchev–Trinajstić information content (AvgIpc) is 1.88. The Hall–Kier alpha value is 1.11. The van der Waals surface area contributed by atoms with Gasteiger partial charge in [-0.15, -0.1) is 13.2 Å². The van der Waals surface area contributed by atoms with Gasteiger partial charge in [-0.3, -0.25) is 0 Å². The van der Waals surface area contributed by atoms with Crippen LogP contribution in [0.5, 0.6) is 0 Å². The summed E-state index contributed by atoms with van der Waals surface area (Å²) in [5.41, 5.74) is 9.43. The predicted octanol–water partition coefficient (Wildman–Crippen LogP) is -9.38. The van der Waals surface area contributed by atoms with Crippen LogP contribution in [0.1, 0.15) is 0 Å². The van der Waals surface area contributed by atoms with Crippen molar-refractivity contribution in [3.05, 3.63) is 0 Å². The SMILES string of the molecule is NCC[O-].NCC[O-].[Cl-].[Cl-].[Pt+4]. The van der Waals surface area contributed by atoms with Crippen molar-refractivity contribution >= 4 is 0 Å². The van der Waals surface area contributed by atoms with Gasteiger partial charge in [0.25, 0.3) is 0 Å². The first-order chi connectivity index (χ1) is 3.83. The maximum absolute atomic E-state index is 9.17. The van der Waals surface area contributed by atoms with E-state index in [0.29, 0.717) is 0 Å². The van der Waals surface area contributed by atoms with E-state index in [0.717, 1.165) is 0 Å². The van der Waals surface area contributed by atoms with Gasteiger partial charge in [0.05, 0.1) is 0 Å². The number of halogens is 2. The number of hydrogen-bond acceptors (Lipinski definition) is 4. The number of hydrogen-bond donors (Lipinski definition) is 2. The first-order valence-corrected chi connectivity index (χ1v) is 2.39. The molecule has 0 aromatic rings. The zero-order valence-corrected chi connectivity index (χ0v) is 9.66. The molecule has 0 aliphatic rings. The second-order valence-electron chi connectivity index (χ2n) is 0.986. The molecule has 0 unspecified atom stereocenters. The van der Waals surface area contributed by atoms with Crippen LogP contribution < -0.4 is 46.5 Å². The fourth-order valence-corrected chi connectivity index (χ4v) is 0. The Morgan fingerprint density at radius 3 is 0.909 bits per heavy atom. The molecule has 0 atom stereocenters. The third kappa shape index (κ3) is 95.4. The third-order valence-electron chi connectivity index (χ3n) is 0.236. The van der Waals surface area contributed by atoms with Crippen molar-refractivity contribution in [1.29, 1.82) is 0 Å². The van der Waals surface area contributed by atoms with Gasteiger partial charge in [-0.1, -0.05) is 0 Å². The van der Waals surface area contributed by atoms with Gasteiger partial charge in [0.2, 0.25) is 0 Å². The Kier molecular flexibility index (Phi) is 117. The Balaban J connectivity index is -0.0000000171. The number of rotatable bonds is 2. The molecule has 0 saturated heterocycles. The van der Waals surface area contributed by atoms with Crippen LogP contribution in [0, 0.1) is 0 Å². The Morgan fingerprint density at radius 1 is 0.818 bits per heavy atom. The van der Waals surface area contributed by atoms with Crippen LogP contribution in [0.25, 0.3) is 0 Å². The normalized spacial score (nSPS) is 5.45. The molecule has 0 aliphatic carbocycles. The molecule has 0 saturated carbocycles. The second-order valence-corrected chi connectivity index (χ2v) is 0.986. The van der Waals surface area contributed by atoms with Gasteiger partial charge < -0.3 is 46.5 Å². The minimum absolute atomic E-state index is 0. The molecule has 0 aliphatic heterocycles. The molecule has 74 valence electrons. The maximum Gasteiger partial charge on any atom is 4.00 e. The zero-order valence-electron chi connectivity index (χ0n) is 5.87. The fourth-order valence-electron chi connectivity index (χ4n) is 0. The van der Waals surface area contributed by atoms with Crippen molar-refractivity contribution in [3.8, 4) is 0 Å². The molecule has 0 amide bonds. The van der Waals surface area contributed by atoms with E-state index in [2.05, 4.69) is 0 Å². The second kappa shape index (κ2) is 43.5. The van der Waals surface area contributed by atoms with Gasteiger partial charge in [-0.2, -0.15) is 0 Å². The van der Waals surface area contributed by atoms with Gasteiger partial charge in [-0.25, -0.2) is 0 Å². The summed E-state index contributed by atoms with van der Waals surface area (Å²) < 4.78 is 0. The van der Waals surface area contributed by atoms with E-state index < -0.39 is 0 Å². The Bertz CT molecular complexity index is 32.1. The first kappa shape index (κ1) is 29.6. The minimum atomic E-state index is -0.153. The summed E-state index contributed by atoms with van der Waals surface area (Å²) in [7, 11) is 0. The van der Waals surface area contributed by atoms with Gasteiger partial charge in [0.15, 0.2) is 0 Å². The van der Waals surface area contributed by atoms with Crippen molar-refractivity contribution in [2.24, 2.45) is 11.5 Å². The first-order valence-electron chi connectivity index (χ1n) is 2.39. The van der Waals surface area contributed by atoms with E-state index in [1.807, 2.05) is 0 Å². The van der Waals surface area contributed by atoms with Crippen LogP contribution in [0.3, 0.4) is 0 Å². The summed E-state index contributed by atoms with van der Waals surface area (Å²) in [5.74, 6) is 0. The molecular formula is C4H12Cl2N2O2Pt. The molecule has 7 heteroatoms. The molecule has 0 bridgehead atoms. The maximum atomic E-state index is 9.17. The van der Waals surface area contributed by atoms with E-state index in [9.17, 15) is 10.2 Å². The van der Waals surface area contributed by atoms with Crippen LogP contribution in [0.2, 0.25) is 0 Å². The fraction of sp³-hybridized carbons (Fsp3) is 1.00. The molecule has 4 N–H and O–H groups in total. The van der Waals surface area contributed by atoms with E-state index >= 15 is 0 Å². The molecular weight excluding hydrogens is 374 g/mol. The van der Waals surface area contributed by atoms with Crippen molar-refractivity contribution in [2.75, 3.05) is 26.3 Å². The van der Waals surface area contributed by atoms with Gasteiger partial charge in [0.1, 0.15) is 0 Å². The van der Waals surface area contributed by atoms with E-state index in [1.54, 1.807) is 0 Å². The zero-order chi connectivity index (χ0) is 6.83. The molecule has 0 aromatic carbocycles. The molecule has 0 radical (unpaired) electrons. The van der Waals surface area contributed by atoms with Gasteiger partial charge in [-0.05, 0) is 13.1 Å². The van der Waals surface area contributed by atoms with Crippen molar-refractivity contribution in [2.45, 2.75) is 0 Å². The molecule has 4 nitrogen and oxygen atoms in total. The monoisotopic (exact) mass is 385 g/mol. The van der Waals surface area contributed by atoms with Crippen LogP contribution >= 0.6 is 0 Å². The summed E-state index contributed by atoms with van der Waals surface area (Å²) in [6.45, 7) is 0.222. The molecule has 0 aromatic heterocycles. The van der Waals surface area contributed by atoms with Crippen molar-refractivity contribution < 1.29 is 56.1 Å². The van der Waals surface area contributed by atoms with Crippen LogP contribution in [0.15, 0.2) is 0 Å². The summed E-state index contributed by atoms with van der Waals surface area (Å²) in [6.07, 6.45) is 0. The quantitative estimate of drug-likeness (QED) is 0.493. The van der Waals surface area contributed by atoms with Crippen LogP contribution in [-0.4, -0.2) is 26.3 Å². The van der Waals surface area contributed by atoms with E-state index in [-0.39, 0.29) is 72.2 Å². The summed E-state index contributed by atoms with van der Waals surface area (Å²) in [6, 6.07) is 0. The molecule has 0 heterocycles. The topological polar surface area (TPSA) is 98.2 Å². The van der Waals surface area contributed by atoms with Gasteiger partial charge in [0, 0.05) is 0 Å². The van der Waals surface area contributed by atoms with E-state index in [4.69, 9.17) is 11.5 Å². The minimum Gasteiger partial charge on any atom is -1.00 e. The molecule has 0 rings (SSSR count). The standard InChI is InChI=1S/2C2H6NO.2ClH.Pt/c2*3-1-2-4;;;/h2*1-3H2;2*1H;/q2*-1;;;+4/p-2. The van der Waals surface area contributed by atoms with Crippen molar-refractivity contribution in [3.63, 3.8) is 0 Å². The average molecular weight is 386 g/mol. The summed E-state index contributed by atoms with van der Waals surface area (Å²) in [5, 5.41) is 18.3. The number of nitrogens with two attached hydrogens (primary N) is 2. The van der Waals surface area contributed by atoms with Crippen LogP contribution in [-0.2, 0) is 21.1 Å². The largest absolute Gasteiger partial charge is 4.00 e. The molecule has 11 heavy (non-hydrogen) atoms. The Labute approximate surface area is 93.8 Å². The van der Waals surface area contributed by atoms with Gasteiger partial charge >= 0.3 is 21.1 Å². The molecule has 0 spiro atoms. The summed E-state index contributed by atoms with van der Waals surface area (Å²) >= 11 is 0. The smallest absolute Gasteiger partial charge is 1.00 e. The van der Waals surface area contributed by atoms with E-state index in [1.165, 1.54) is 0 Å². The molecule has 0 fully saturated rings. The third-order valence-corrected chi connectivity index (χ3v) is 0.236.